The molecule has 5 heteroatoms. The molecule has 0 atom stereocenters. The number of carbonyl (C=O) groups excluding carboxylic acids is 1. The molecule has 0 aliphatic heterocycles. The number of hydrogen-bond acceptors (Lipinski definition) is 2. The molecule has 0 aromatic heterocycles. The smallest absolute Gasteiger partial charge is 0.310 e. The van der Waals surface area contributed by atoms with Crippen molar-refractivity contribution in [1.29, 1.82) is 0 Å². The van der Waals surface area contributed by atoms with Gasteiger partial charge >= 0.3 is 5.97 Å². The van der Waals surface area contributed by atoms with Gasteiger partial charge in [0.25, 0.3) is 0 Å². The summed E-state index contributed by atoms with van der Waals surface area (Å²) in [6.45, 7) is 0. The Hall–Kier alpha value is -0.250. The summed E-state index contributed by atoms with van der Waals surface area (Å²) in [6.07, 6.45) is 0.136. The maximum atomic E-state index is 11.2. The predicted octanol–water partition coefficient (Wildman–Crippen LogP) is 3.60. The molecule has 0 aliphatic carbocycles. The summed E-state index contributed by atoms with van der Waals surface area (Å²) in [7, 11) is 1.34. The van der Waals surface area contributed by atoms with E-state index in [-0.39, 0.29) is 12.4 Å². The molecular formula is C10H9BrCl2O2. The lowest BCUT2D eigenvalue weighted by Gasteiger charge is -2.10. The third kappa shape index (κ3) is 3.10. The highest BCUT2D eigenvalue weighted by atomic mass is 79.9. The van der Waals surface area contributed by atoms with Crippen molar-refractivity contribution in [1.82, 2.24) is 0 Å². The molecule has 1 rings (SSSR count). The maximum absolute atomic E-state index is 11.2. The first-order valence-corrected chi connectivity index (χ1v) is 6.06. The lowest BCUT2D eigenvalue weighted by molar-refractivity contribution is -0.139. The molecular weight excluding hydrogens is 303 g/mol. The van der Waals surface area contributed by atoms with Crippen molar-refractivity contribution in [2.45, 2.75) is 11.8 Å². The van der Waals surface area contributed by atoms with E-state index in [9.17, 15) is 4.79 Å². The van der Waals surface area contributed by atoms with Gasteiger partial charge in [-0.3, -0.25) is 4.79 Å². The predicted molar refractivity (Wildman–Crippen MR) is 64.8 cm³/mol. The molecule has 0 saturated carbocycles. The number of halogens is 3. The minimum Gasteiger partial charge on any atom is -0.469 e. The van der Waals surface area contributed by atoms with Crippen LogP contribution in [0.15, 0.2) is 12.1 Å². The minimum atomic E-state index is -0.332. The average Bonchev–Trinajstić information content (AvgIpc) is 2.23. The Bertz CT molecular complexity index is 380. The normalized spacial score (nSPS) is 10.1. The van der Waals surface area contributed by atoms with Crippen molar-refractivity contribution >= 4 is 45.1 Å². The van der Waals surface area contributed by atoms with Crippen LogP contribution in [0.3, 0.4) is 0 Å². The quantitative estimate of drug-likeness (QED) is 0.630. The van der Waals surface area contributed by atoms with Gasteiger partial charge in [-0.25, -0.2) is 0 Å². The van der Waals surface area contributed by atoms with Gasteiger partial charge in [-0.15, -0.1) is 0 Å². The zero-order chi connectivity index (χ0) is 11.4. The van der Waals surface area contributed by atoms with Crippen molar-refractivity contribution in [2.24, 2.45) is 0 Å². The first-order valence-electron chi connectivity index (χ1n) is 4.18. The monoisotopic (exact) mass is 310 g/mol. The highest BCUT2D eigenvalue weighted by Gasteiger charge is 2.14. The van der Waals surface area contributed by atoms with Crippen LogP contribution >= 0.6 is 39.1 Å². The van der Waals surface area contributed by atoms with Crippen LogP contribution in [-0.2, 0) is 21.3 Å². The second kappa shape index (κ2) is 5.73. The molecule has 0 spiro atoms. The van der Waals surface area contributed by atoms with Gasteiger partial charge in [-0.1, -0.05) is 39.1 Å². The summed E-state index contributed by atoms with van der Waals surface area (Å²) in [5.74, 6) is -0.332. The van der Waals surface area contributed by atoms with Gasteiger partial charge in [-0.2, -0.15) is 0 Å². The fourth-order valence-electron chi connectivity index (χ4n) is 1.19. The zero-order valence-electron chi connectivity index (χ0n) is 8.02. The molecule has 1 aromatic carbocycles. The average molecular weight is 312 g/mol. The Morgan fingerprint density at radius 3 is 2.33 bits per heavy atom. The van der Waals surface area contributed by atoms with E-state index in [1.54, 1.807) is 12.1 Å². The maximum Gasteiger partial charge on any atom is 0.310 e. The molecule has 0 N–H and O–H groups in total. The summed E-state index contributed by atoms with van der Waals surface area (Å²) in [4.78, 5) is 11.2. The molecule has 0 radical (unpaired) electrons. The number of ether oxygens (including phenoxy) is 1. The lowest BCUT2D eigenvalue weighted by atomic mass is 10.1. The van der Waals surface area contributed by atoms with Crippen molar-refractivity contribution in [2.75, 3.05) is 7.11 Å². The number of methoxy groups -OCH3 is 1. The van der Waals surface area contributed by atoms with Crippen LogP contribution < -0.4 is 0 Å². The SMILES string of the molecule is COC(=O)Cc1c(Cl)ccc(Cl)c1CBr. The highest BCUT2D eigenvalue weighted by molar-refractivity contribution is 9.08. The first kappa shape index (κ1) is 12.8. The minimum absolute atomic E-state index is 0.136. The standard InChI is InChI=1S/C10H9BrCl2O2/c1-15-10(14)4-6-7(5-11)9(13)3-2-8(6)12/h2-3H,4-5H2,1H3. The summed E-state index contributed by atoms with van der Waals surface area (Å²) < 4.78 is 4.59. The number of alkyl halides is 1. The molecule has 0 heterocycles. The number of esters is 1. The van der Waals surface area contributed by atoms with Crippen LogP contribution in [0.4, 0.5) is 0 Å². The Labute approximate surface area is 107 Å². The summed E-state index contributed by atoms with van der Waals surface area (Å²) in [5.41, 5.74) is 1.54. The number of carbonyl (C=O) groups is 1. The third-order valence-electron chi connectivity index (χ3n) is 2.00. The van der Waals surface area contributed by atoms with Crippen molar-refractivity contribution in [3.63, 3.8) is 0 Å². The second-order valence-electron chi connectivity index (χ2n) is 2.87. The topological polar surface area (TPSA) is 26.3 Å². The molecule has 82 valence electrons. The Morgan fingerprint density at radius 1 is 1.33 bits per heavy atom. The highest BCUT2D eigenvalue weighted by Crippen LogP contribution is 2.29. The van der Waals surface area contributed by atoms with Crippen LogP contribution in [0.5, 0.6) is 0 Å². The fourth-order valence-corrected chi connectivity index (χ4v) is 2.48. The molecule has 0 amide bonds. The van der Waals surface area contributed by atoms with Gasteiger partial charge in [0.05, 0.1) is 13.5 Å². The Balaban J connectivity index is 3.13. The summed E-state index contributed by atoms with van der Waals surface area (Å²) in [6, 6.07) is 3.38. The Kier molecular flexibility index (Phi) is 4.90. The molecule has 0 saturated heterocycles. The molecule has 2 nitrogen and oxygen atoms in total. The molecule has 0 aliphatic rings. The zero-order valence-corrected chi connectivity index (χ0v) is 11.1. The van der Waals surface area contributed by atoms with Gasteiger partial charge in [-0.05, 0) is 23.3 Å². The lowest BCUT2D eigenvalue weighted by Crippen LogP contribution is -2.07. The van der Waals surface area contributed by atoms with E-state index >= 15 is 0 Å². The molecule has 1 aromatic rings. The van der Waals surface area contributed by atoms with E-state index in [1.165, 1.54) is 7.11 Å². The van der Waals surface area contributed by atoms with Crippen LogP contribution in [0.2, 0.25) is 10.0 Å². The van der Waals surface area contributed by atoms with E-state index in [4.69, 9.17) is 23.2 Å². The van der Waals surface area contributed by atoms with Gasteiger partial charge < -0.3 is 4.74 Å². The Morgan fingerprint density at radius 2 is 1.87 bits per heavy atom. The van der Waals surface area contributed by atoms with Gasteiger partial charge in [0.1, 0.15) is 0 Å². The number of hydrogen-bond donors (Lipinski definition) is 0. The van der Waals surface area contributed by atoms with Crippen LogP contribution in [-0.4, -0.2) is 13.1 Å². The first-order chi connectivity index (χ1) is 7.10. The van der Waals surface area contributed by atoms with E-state index in [0.29, 0.717) is 20.9 Å². The van der Waals surface area contributed by atoms with Crippen LogP contribution in [0.25, 0.3) is 0 Å². The van der Waals surface area contributed by atoms with E-state index in [1.807, 2.05) is 0 Å². The largest absolute Gasteiger partial charge is 0.469 e. The molecule has 0 fully saturated rings. The van der Waals surface area contributed by atoms with Crippen molar-refractivity contribution < 1.29 is 9.53 Å². The van der Waals surface area contributed by atoms with E-state index in [2.05, 4.69) is 20.7 Å². The molecule has 15 heavy (non-hydrogen) atoms. The van der Waals surface area contributed by atoms with Crippen molar-refractivity contribution in [3.05, 3.63) is 33.3 Å². The van der Waals surface area contributed by atoms with E-state index in [0.717, 1.165) is 5.56 Å². The molecule has 0 unspecified atom stereocenters. The number of rotatable bonds is 3. The molecule has 0 bridgehead atoms. The van der Waals surface area contributed by atoms with Crippen molar-refractivity contribution in [3.8, 4) is 0 Å². The van der Waals surface area contributed by atoms with Gasteiger partial charge in [0.15, 0.2) is 0 Å². The van der Waals surface area contributed by atoms with E-state index < -0.39 is 0 Å². The van der Waals surface area contributed by atoms with Crippen LogP contribution in [0, 0.1) is 0 Å². The van der Waals surface area contributed by atoms with Gasteiger partial charge in [0.2, 0.25) is 0 Å². The van der Waals surface area contributed by atoms with Gasteiger partial charge in [0, 0.05) is 15.4 Å². The summed E-state index contributed by atoms with van der Waals surface area (Å²) in [5, 5.41) is 1.67. The summed E-state index contributed by atoms with van der Waals surface area (Å²) >= 11 is 15.3. The number of benzene rings is 1. The second-order valence-corrected chi connectivity index (χ2v) is 4.25. The fraction of sp³-hybridized carbons (Fsp3) is 0.300. The van der Waals surface area contributed by atoms with Crippen LogP contribution in [0.1, 0.15) is 11.1 Å². The third-order valence-corrected chi connectivity index (χ3v) is 3.27.